The maximum absolute atomic E-state index is 13.9. The second kappa shape index (κ2) is 8.80. The van der Waals surface area contributed by atoms with Gasteiger partial charge in [0, 0.05) is 29.9 Å². The van der Waals surface area contributed by atoms with E-state index in [0.717, 1.165) is 23.5 Å². The molecule has 1 aromatic carbocycles. The number of rotatable bonds is 7. The summed E-state index contributed by atoms with van der Waals surface area (Å²) in [7, 11) is 0. The molecule has 142 valence electrons. The van der Waals surface area contributed by atoms with Crippen molar-refractivity contribution in [2.45, 2.75) is 46.8 Å². The van der Waals surface area contributed by atoms with Gasteiger partial charge in [0.15, 0.2) is 0 Å². The molecule has 7 heteroatoms. The fraction of sp³-hybridized carbons (Fsp3) is 0.474. The number of hydrogen-bond donors (Lipinski definition) is 2. The van der Waals surface area contributed by atoms with Crippen molar-refractivity contribution in [1.82, 2.24) is 20.0 Å². The Morgan fingerprint density at radius 2 is 2.08 bits per heavy atom. The van der Waals surface area contributed by atoms with Crippen LogP contribution in [-0.2, 0) is 13.1 Å². The van der Waals surface area contributed by atoms with Crippen molar-refractivity contribution < 1.29 is 14.3 Å². The maximum atomic E-state index is 13.9. The van der Waals surface area contributed by atoms with E-state index in [1.165, 1.54) is 11.0 Å². The monoisotopic (exact) mass is 362 g/mol. The van der Waals surface area contributed by atoms with E-state index >= 15 is 0 Å². The molecule has 2 amide bonds. The van der Waals surface area contributed by atoms with E-state index in [9.17, 15) is 14.3 Å². The summed E-state index contributed by atoms with van der Waals surface area (Å²) >= 11 is 0. The van der Waals surface area contributed by atoms with E-state index in [-0.39, 0.29) is 37.6 Å². The van der Waals surface area contributed by atoms with Gasteiger partial charge < -0.3 is 15.3 Å². The number of nitrogens with one attached hydrogen (secondary N) is 1. The Kier molecular flexibility index (Phi) is 6.74. The number of amides is 2. The number of aryl methyl sites for hydroxylation is 2. The number of hydrogen-bond acceptors (Lipinski definition) is 3. The van der Waals surface area contributed by atoms with Crippen molar-refractivity contribution >= 4 is 6.03 Å². The highest BCUT2D eigenvalue weighted by atomic mass is 19.1. The van der Waals surface area contributed by atoms with Crippen LogP contribution in [0.5, 0.6) is 0 Å². The Morgan fingerprint density at radius 1 is 1.38 bits per heavy atom. The van der Waals surface area contributed by atoms with Gasteiger partial charge in [0.05, 0.1) is 24.9 Å². The quantitative estimate of drug-likeness (QED) is 0.796. The molecule has 1 aromatic heterocycles. The molecule has 26 heavy (non-hydrogen) atoms. The van der Waals surface area contributed by atoms with Crippen LogP contribution < -0.4 is 5.32 Å². The minimum atomic E-state index is -0.368. The summed E-state index contributed by atoms with van der Waals surface area (Å²) in [6, 6.07) is 5.73. The third-order valence-corrected chi connectivity index (χ3v) is 4.49. The van der Waals surface area contributed by atoms with Crippen LogP contribution in [0.4, 0.5) is 9.18 Å². The second-order valence-electron chi connectivity index (χ2n) is 6.31. The lowest BCUT2D eigenvalue weighted by atomic mass is 10.1. The minimum absolute atomic E-state index is 0.0952. The van der Waals surface area contributed by atoms with Crippen LogP contribution in [0.25, 0.3) is 0 Å². The van der Waals surface area contributed by atoms with E-state index in [1.54, 1.807) is 18.2 Å². The lowest BCUT2D eigenvalue weighted by Gasteiger charge is -2.25. The van der Waals surface area contributed by atoms with Gasteiger partial charge >= 0.3 is 6.03 Å². The SMILES string of the molecule is CCn1nc(C)c([C@H](C)NC(=O)N(CCO)Cc2ccccc2F)c1C. The van der Waals surface area contributed by atoms with Crippen molar-refractivity contribution in [2.75, 3.05) is 13.2 Å². The summed E-state index contributed by atoms with van der Waals surface area (Å²) < 4.78 is 15.8. The van der Waals surface area contributed by atoms with Crippen molar-refractivity contribution in [3.05, 3.63) is 52.6 Å². The second-order valence-corrected chi connectivity index (χ2v) is 6.31. The first kappa shape index (κ1) is 19.9. The molecular formula is C19H27FN4O2. The third kappa shape index (κ3) is 4.40. The van der Waals surface area contributed by atoms with Crippen LogP contribution in [0.1, 0.15) is 42.4 Å². The Labute approximate surface area is 153 Å². The Balaban J connectivity index is 2.14. The van der Waals surface area contributed by atoms with Gasteiger partial charge in [-0.05, 0) is 33.8 Å². The van der Waals surface area contributed by atoms with E-state index < -0.39 is 0 Å². The van der Waals surface area contributed by atoms with Gasteiger partial charge in [-0.2, -0.15) is 5.10 Å². The number of aliphatic hydroxyl groups is 1. The van der Waals surface area contributed by atoms with Crippen molar-refractivity contribution in [3.63, 3.8) is 0 Å². The molecule has 0 unspecified atom stereocenters. The lowest BCUT2D eigenvalue weighted by molar-refractivity contribution is 0.170. The highest BCUT2D eigenvalue weighted by Gasteiger charge is 2.22. The average molecular weight is 362 g/mol. The Bertz CT molecular complexity index is 760. The fourth-order valence-electron chi connectivity index (χ4n) is 3.20. The molecule has 0 saturated carbocycles. The van der Waals surface area contributed by atoms with Crippen LogP contribution >= 0.6 is 0 Å². The van der Waals surface area contributed by atoms with E-state index in [2.05, 4.69) is 10.4 Å². The van der Waals surface area contributed by atoms with E-state index in [4.69, 9.17) is 0 Å². The average Bonchev–Trinajstić information content (AvgIpc) is 2.90. The van der Waals surface area contributed by atoms with Crippen LogP contribution in [0, 0.1) is 19.7 Å². The Morgan fingerprint density at radius 3 is 2.65 bits per heavy atom. The Hall–Kier alpha value is -2.41. The van der Waals surface area contributed by atoms with Crippen LogP contribution in [0.3, 0.4) is 0 Å². The maximum Gasteiger partial charge on any atom is 0.318 e. The zero-order valence-corrected chi connectivity index (χ0v) is 15.8. The molecule has 1 heterocycles. The summed E-state index contributed by atoms with van der Waals surface area (Å²) in [6.45, 7) is 8.60. The molecule has 2 rings (SSSR count). The molecule has 0 radical (unpaired) electrons. The van der Waals surface area contributed by atoms with E-state index in [0.29, 0.717) is 5.56 Å². The normalized spacial score (nSPS) is 12.1. The summed E-state index contributed by atoms with van der Waals surface area (Å²) in [6.07, 6.45) is 0. The van der Waals surface area contributed by atoms with Gasteiger partial charge in [0.2, 0.25) is 0 Å². The number of benzene rings is 1. The van der Waals surface area contributed by atoms with Crippen LogP contribution in [0.15, 0.2) is 24.3 Å². The highest BCUT2D eigenvalue weighted by molar-refractivity contribution is 5.74. The first-order valence-corrected chi connectivity index (χ1v) is 8.82. The molecule has 2 N–H and O–H groups in total. The molecule has 0 aliphatic carbocycles. The molecule has 0 saturated heterocycles. The van der Waals surface area contributed by atoms with Crippen molar-refractivity contribution in [2.24, 2.45) is 0 Å². The first-order chi connectivity index (χ1) is 12.4. The van der Waals surface area contributed by atoms with E-state index in [1.807, 2.05) is 32.4 Å². The lowest BCUT2D eigenvalue weighted by Crippen LogP contribution is -2.42. The third-order valence-electron chi connectivity index (χ3n) is 4.49. The predicted molar refractivity (Wildman–Crippen MR) is 98.2 cm³/mol. The molecule has 0 aliphatic rings. The zero-order valence-electron chi connectivity index (χ0n) is 15.8. The molecule has 0 bridgehead atoms. The predicted octanol–water partition coefficient (Wildman–Crippen LogP) is 2.92. The molecule has 2 aromatic rings. The molecule has 0 aliphatic heterocycles. The summed E-state index contributed by atoms with van der Waals surface area (Å²) in [4.78, 5) is 14.1. The van der Waals surface area contributed by atoms with Crippen LogP contribution in [-0.4, -0.2) is 39.0 Å². The molecule has 1 atom stereocenters. The van der Waals surface area contributed by atoms with Gasteiger partial charge in [0.25, 0.3) is 0 Å². The molecular weight excluding hydrogens is 335 g/mol. The number of nitrogens with zero attached hydrogens (tertiary/aromatic N) is 3. The number of halogens is 1. The summed E-state index contributed by atoms with van der Waals surface area (Å²) in [5.74, 6) is -0.368. The number of carbonyl (C=O) groups excluding carboxylic acids is 1. The van der Waals surface area contributed by atoms with Gasteiger partial charge in [-0.3, -0.25) is 4.68 Å². The topological polar surface area (TPSA) is 70.4 Å². The van der Waals surface area contributed by atoms with Crippen LogP contribution in [0.2, 0.25) is 0 Å². The minimum Gasteiger partial charge on any atom is -0.395 e. The van der Waals surface area contributed by atoms with Gasteiger partial charge in [-0.1, -0.05) is 18.2 Å². The number of carbonyl (C=O) groups is 1. The number of aliphatic hydroxyl groups excluding tert-OH is 1. The van der Waals surface area contributed by atoms with Gasteiger partial charge in [-0.25, -0.2) is 9.18 Å². The summed E-state index contributed by atoms with van der Waals surface area (Å²) in [5, 5.41) is 16.7. The van der Waals surface area contributed by atoms with Crippen molar-refractivity contribution in [3.8, 4) is 0 Å². The number of urea groups is 1. The standard InChI is InChI=1S/C19H27FN4O2/c1-5-24-15(4)18(14(3)22-24)13(2)21-19(26)23(10-11-25)12-16-8-6-7-9-17(16)20/h6-9,13,25H,5,10-12H2,1-4H3,(H,21,26)/t13-/m0/s1. The fourth-order valence-corrected chi connectivity index (χ4v) is 3.20. The highest BCUT2D eigenvalue weighted by Crippen LogP contribution is 2.22. The molecule has 6 nitrogen and oxygen atoms in total. The first-order valence-electron chi connectivity index (χ1n) is 8.82. The molecule has 0 fully saturated rings. The van der Waals surface area contributed by atoms with Gasteiger partial charge in [-0.15, -0.1) is 0 Å². The van der Waals surface area contributed by atoms with Crippen molar-refractivity contribution in [1.29, 1.82) is 0 Å². The zero-order chi connectivity index (χ0) is 19.3. The molecule has 0 spiro atoms. The largest absolute Gasteiger partial charge is 0.395 e. The number of aromatic nitrogens is 2. The summed E-state index contributed by atoms with van der Waals surface area (Å²) in [5.41, 5.74) is 3.28. The van der Waals surface area contributed by atoms with Gasteiger partial charge in [0.1, 0.15) is 5.82 Å². The smallest absolute Gasteiger partial charge is 0.318 e.